The SMILES string of the molecule is COc1ccc(C[C@H]2C(=O)NC(C)=CN2S(=O)(=O)c2ccc([N+](=O)[O-])cc2)cc1OC. The van der Waals surface area contributed by atoms with Crippen molar-refractivity contribution < 1.29 is 27.6 Å². The first-order chi connectivity index (χ1) is 14.7. The molecule has 31 heavy (non-hydrogen) atoms. The number of ether oxygens (including phenoxy) is 2. The van der Waals surface area contributed by atoms with Crippen LogP contribution in [0.25, 0.3) is 0 Å². The number of hydrogen-bond donors (Lipinski definition) is 1. The van der Waals surface area contributed by atoms with Crippen molar-refractivity contribution in [2.45, 2.75) is 24.3 Å². The average molecular weight is 447 g/mol. The van der Waals surface area contributed by atoms with Crippen LogP contribution < -0.4 is 14.8 Å². The van der Waals surface area contributed by atoms with Gasteiger partial charge in [-0.05, 0) is 36.8 Å². The Morgan fingerprint density at radius 2 is 1.74 bits per heavy atom. The summed E-state index contributed by atoms with van der Waals surface area (Å²) in [6.07, 6.45) is 1.41. The summed E-state index contributed by atoms with van der Waals surface area (Å²) in [4.78, 5) is 22.8. The van der Waals surface area contributed by atoms with E-state index < -0.39 is 26.9 Å². The molecular formula is C20H21N3O7S. The Labute approximate surface area is 179 Å². The van der Waals surface area contributed by atoms with Gasteiger partial charge < -0.3 is 14.8 Å². The largest absolute Gasteiger partial charge is 0.493 e. The molecule has 2 aromatic rings. The third kappa shape index (κ3) is 4.45. The highest BCUT2D eigenvalue weighted by Gasteiger charge is 2.37. The second-order valence-electron chi connectivity index (χ2n) is 6.80. The Morgan fingerprint density at radius 1 is 1.10 bits per heavy atom. The van der Waals surface area contributed by atoms with Crippen molar-refractivity contribution >= 4 is 21.6 Å². The Bertz CT molecular complexity index is 1140. The number of nitrogens with one attached hydrogen (secondary N) is 1. The lowest BCUT2D eigenvalue weighted by Gasteiger charge is -2.33. The summed E-state index contributed by atoms with van der Waals surface area (Å²) in [5.41, 5.74) is 0.789. The van der Waals surface area contributed by atoms with Gasteiger partial charge in [-0.1, -0.05) is 6.07 Å². The number of nitro benzene ring substituents is 1. The third-order valence-corrected chi connectivity index (χ3v) is 6.53. The first-order valence-corrected chi connectivity index (χ1v) is 10.6. The van der Waals surface area contributed by atoms with Crippen molar-refractivity contribution in [1.82, 2.24) is 9.62 Å². The summed E-state index contributed by atoms with van der Waals surface area (Å²) >= 11 is 0. The van der Waals surface area contributed by atoms with Crippen LogP contribution in [0.15, 0.2) is 59.3 Å². The molecule has 0 bridgehead atoms. The fourth-order valence-electron chi connectivity index (χ4n) is 3.22. The smallest absolute Gasteiger partial charge is 0.269 e. The van der Waals surface area contributed by atoms with Crippen LogP contribution in [-0.2, 0) is 21.2 Å². The van der Waals surface area contributed by atoms with Crippen molar-refractivity contribution in [3.8, 4) is 11.5 Å². The molecular weight excluding hydrogens is 426 g/mol. The maximum Gasteiger partial charge on any atom is 0.269 e. The van der Waals surface area contributed by atoms with Gasteiger partial charge in [-0.2, -0.15) is 0 Å². The first kappa shape index (κ1) is 22.1. The molecule has 0 aliphatic carbocycles. The van der Waals surface area contributed by atoms with Crippen molar-refractivity contribution in [2.24, 2.45) is 0 Å². The normalized spacial score (nSPS) is 16.4. The second-order valence-corrected chi connectivity index (χ2v) is 8.64. The summed E-state index contributed by atoms with van der Waals surface area (Å²) < 4.78 is 38.0. The lowest BCUT2D eigenvalue weighted by atomic mass is 10.0. The minimum atomic E-state index is -4.15. The fraction of sp³-hybridized carbons (Fsp3) is 0.250. The molecule has 0 aromatic heterocycles. The number of rotatable bonds is 7. The lowest BCUT2D eigenvalue weighted by molar-refractivity contribution is -0.384. The van der Waals surface area contributed by atoms with Crippen LogP contribution in [0.4, 0.5) is 5.69 Å². The Balaban J connectivity index is 1.99. The molecule has 1 N–H and O–H groups in total. The van der Waals surface area contributed by atoms with E-state index in [1.54, 1.807) is 25.1 Å². The van der Waals surface area contributed by atoms with Crippen molar-refractivity contribution in [3.05, 3.63) is 70.0 Å². The number of non-ortho nitro benzene ring substituents is 1. The van der Waals surface area contributed by atoms with Gasteiger partial charge in [0.15, 0.2) is 11.5 Å². The molecule has 0 fully saturated rings. The van der Waals surface area contributed by atoms with Crippen molar-refractivity contribution in [2.75, 3.05) is 14.2 Å². The highest BCUT2D eigenvalue weighted by atomic mass is 32.2. The quantitative estimate of drug-likeness (QED) is 0.509. The van der Waals surface area contributed by atoms with E-state index in [2.05, 4.69) is 5.32 Å². The minimum Gasteiger partial charge on any atom is -0.493 e. The summed E-state index contributed by atoms with van der Waals surface area (Å²) in [5, 5.41) is 13.5. The zero-order chi connectivity index (χ0) is 22.8. The molecule has 1 amide bonds. The second kappa shape index (κ2) is 8.64. The number of benzene rings is 2. The van der Waals surface area contributed by atoms with Crippen molar-refractivity contribution in [3.63, 3.8) is 0 Å². The van der Waals surface area contributed by atoms with E-state index >= 15 is 0 Å². The Morgan fingerprint density at radius 3 is 2.32 bits per heavy atom. The predicted octanol–water partition coefficient (Wildman–Crippen LogP) is 2.21. The number of hydrogen-bond acceptors (Lipinski definition) is 7. The Hall–Kier alpha value is -3.60. The highest BCUT2D eigenvalue weighted by molar-refractivity contribution is 7.89. The highest BCUT2D eigenvalue weighted by Crippen LogP contribution is 2.30. The summed E-state index contributed by atoms with van der Waals surface area (Å²) in [5.74, 6) is 0.471. The van der Waals surface area contributed by atoms with Crippen LogP contribution >= 0.6 is 0 Å². The monoisotopic (exact) mass is 447 g/mol. The maximum absolute atomic E-state index is 13.3. The number of carbonyl (C=O) groups is 1. The minimum absolute atomic E-state index is 0.0716. The molecule has 1 heterocycles. The number of amides is 1. The van der Waals surface area contributed by atoms with Crippen LogP contribution in [0, 0.1) is 10.1 Å². The van der Waals surface area contributed by atoms with Crippen molar-refractivity contribution in [1.29, 1.82) is 0 Å². The standard InChI is InChI=1S/C20H21N3O7S/c1-13-12-22(31(27,28)16-7-5-15(6-8-16)23(25)26)17(20(24)21-13)10-14-4-9-18(29-2)19(11-14)30-3/h4-9,11-12,17H,10H2,1-3H3,(H,21,24)/t17-/m0/s1. The molecule has 1 aliphatic rings. The summed E-state index contributed by atoms with van der Waals surface area (Å²) in [6.45, 7) is 1.57. The maximum atomic E-state index is 13.3. The van der Waals surface area contributed by atoms with E-state index in [0.29, 0.717) is 22.8 Å². The summed E-state index contributed by atoms with van der Waals surface area (Å²) in [7, 11) is -1.17. The van der Waals surface area contributed by atoms with Gasteiger partial charge in [0.05, 0.1) is 24.0 Å². The molecule has 3 rings (SSSR count). The third-order valence-electron chi connectivity index (χ3n) is 4.75. The van der Waals surface area contributed by atoms with E-state index in [0.717, 1.165) is 28.6 Å². The molecule has 0 unspecified atom stereocenters. The van der Waals surface area contributed by atoms with Gasteiger partial charge >= 0.3 is 0 Å². The van der Waals surface area contributed by atoms with Crippen LogP contribution in [-0.4, -0.2) is 43.8 Å². The number of nitrogens with zero attached hydrogens (tertiary/aromatic N) is 2. The molecule has 1 aliphatic heterocycles. The predicted molar refractivity (Wildman–Crippen MR) is 111 cm³/mol. The van der Waals surface area contributed by atoms with Gasteiger partial charge in [-0.25, -0.2) is 8.42 Å². The van der Waals surface area contributed by atoms with E-state index in [9.17, 15) is 23.3 Å². The summed E-state index contributed by atoms with van der Waals surface area (Å²) in [6, 6.07) is 8.51. The molecule has 0 saturated carbocycles. The molecule has 164 valence electrons. The average Bonchev–Trinajstić information content (AvgIpc) is 2.75. The zero-order valence-electron chi connectivity index (χ0n) is 17.1. The van der Waals surface area contributed by atoms with Gasteiger partial charge in [-0.3, -0.25) is 19.2 Å². The number of carbonyl (C=O) groups excluding carboxylic acids is 1. The lowest BCUT2D eigenvalue weighted by Crippen LogP contribution is -2.51. The molecule has 0 radical (unpaired) electrons. The molecule has 10 nitrogen and oxygen atoms in total. The van der Waals surface area contributed by atoms with Gasteiger partial charge in [-0.15, -0.1) is 0 Å². The van der Waals surface area contributed by atoms with Crippen LogP contribution in [0.2, 0.25) is 0 Å². The topological polar surface area (TPSA) is 128 Å². The van der Waals surface area contributed by atoms with Crippen LogP contribution in [0.5, 0.6) is 11.5 Å². The molecule has 2 aromatic carbocycles. The van der Waals surface area contributed by atoms with Gasteiger partial charge in [0.25, 0.3) is 15.7 Å². The van der Waals surface area contributed by atoms with E-state index in [1.165, 1.54) is 20.4 Å². The van der Waals surface area contributed by atoms with Gasteiger partial charge in [0.2, 0.25) is 5.91 Å². The number of sulfonamides is 1. The van der Waals surface area contributed by atoms with E-state index in [1.807, 2.05) is 0 Å². The van der Waals surface area contributed by atoms with Gasteiger partial charge in [0, 0.05) is 30.5 Å². The van der Waals surface area contributed by atoms with Crippen LogP contribution in [0.3, 0.4) is 0 Å². The number of nitro groups is 1. The first-order valence-electron chi connectivity index (χ1n) is 9.15. The van der Waals surface area contributed by atoms with Gasteiger partial charge in [0.1, 0.15) is 6.04 Å². The van der Waals surface area contributed by atoms with E-state index in [4.69, 9.17) is 9.47 Å². The van der Waals surface area contributed by atoms with E-state index in [-0.39, 0.29) is 17.0 Å². The zero-order valence-corrected chi connectivity index (χ0v) is 17.9. The molecule has 0 spiro atoms. The molecule has 11 heteroatoms. The van der Waals surface area contributed by atoms with Crippen LogP contribution in [0.1, 0.15) is 12.5 Å². The number of methoxy groups -OCH3 is 2. The molecule has 0 saturated heterocycles. The molecule has 1 atom stereocenters. The fourth-order valence-corrected chi connectivity index (χ4v) is 4.74. The number of allylic oxidation sites excluding steroid dienone is 1. The Kier molecular flexibility index (Phi) is 6.16.